The van der Waals surface area contributed by atoms with Gasteiger partial charge in [0.15, 0.2) is 0 Å². The molecule has 0 radical (unpaired) electrons. The van der Waals surface area contributed by atoms with Crippen molar-refractivity contribution in [2.24, 2.45) is 0 Å². The first kappa shape index (κ1) is 12.5. The SMILES string of the molecule is OCC1(NCc2cnc([C@@H]3CCCO3)s2)CCC1. The minimum atomic E-state index is -0.0198. The number of aromatic nitrogens is 1. The number of hydrogen-bond acceptors (Lipinski definition) is 5. The zero-order valence-corrected chi connectivity index (χ0v) is 11.3. The minimum Gasteiger partial charge on any atom is -0.394 e. The van der Waals surface area contributed by atoms with Gasteiger partial charge in [-0.25, -0.2) is 4.98 Å². The molecule has 1 saturated heterocycles. The molecule has 2 heterocycles. The lowest BCUT2D eigenvalue weighted by molar-refractivity contribution is 0.0875. The molecule has 0 amide bonds. The van der Waals surface area contributed by atoms with Gasteiger partial charge in [0.05, 0.1) is 6.61 Å². The molecule has 18 heavy (non-hydrogen) atoms. The predicted molar refractivity (Wildman–Crippen MR) is 70.5 cm³/mol. The average molecular weight is 268 g/mol. The van der Waals surface area contributed by atoms with Crippen LogP contribution in [-0.4, -0.2) is 28.8 Å². The van der Waals surface area contributed by atoms with Gasteiger partial charge < -0.3 is 15.2 Å². The monoisotopic (exact) mass is 268 g/mol. The average Bonchev–Trinajstić information content (AvgIpc) is 2.98. The van der Waals surface area contributed by atoms with E-state index in [9.17, 15) is 5.11 Å². The van der Waals surface area contributed by atoms with Crippen LogP contribution in [0.5, 0.6) is 0 Å². The third kappa shape index (κ3) is 2.45. The van der Waals surface area contributed by atoms with Crippen LogP contribution in [0, 0.1) is 0 Å². The van der Waals surface area contributed by atoms with E-state index in [0.717, 1.165) is 43.8 Å². The Kier molecular flexibility index (Phi) is 3.66. The Hall–Kier alpha value is -0.490. The lowest BCUT2D eigenvalue weighted by Gasteiger charge is -2.41. The van der Waals surface area contributed by atoms with E-state index in [1.165, 1.54) is 11.3 Å². The van der Waals surface area contributed by atoms with Crippen LogP contribution < -0.4 is 5.32 Å². The van der Waals surface area contributed by atoms with Gasteiger partial charge in [0.1, 0.15) is 11.1 Å². The predicted octanol–water partition coefficient (Wildman–Crippen LogP) is 2.00. The third-order valence-corrected chi connectivity index (χ3v) is 5.12. The smallest absolute Gasteiger partial charge is 0.122 e. The quantitative estimate of drug-likeness (QED) is 0.857. The van der Waals surface area contributed by atoms with Crippen molar-refractivity contribution in [3.8, 4) is 0 Å². The summed E-state index contributed by atoms with van der Waals surface area (Å²) < 4.78 is 5.64. The molecule has 1 aromatic heterocycles. The molecule has 0 aromatic carbocycles. The molecule has 0 spiro atoms. The Morgan fingerprint density at radius 1 is 1.50 bits per heavy atom. The highest BCUT2D eigenvalue weighted by Gasteiger charge is 2.35. The summed E-state index contributed by atoms with van der Waals surface area (Å²) in [5, 5.41) is 14.0. The zero-order chi connectivity index (χ0) is 12.4. The van der Waals surface area contributed by atoms with Gasteiger partial charge in [0.25, 0.3) is 0 Å². The number of aliphatic hydroxyl groups is 1. The molecule has 2 fully saturated rings. The van der Waals surface area contributed by atoms with E-state index in [4.69, 9.17) is 4.74 Å². The molecule has 1 atom stereocenters. The Bertz CT molecular complexity index is 392. The number of ether oxygens (including phenoxy) is 1. The van der Waals surface area contributed by atoms with E-state index in [0.29, 0.717) is 0 Å². The van der Waals surface area contributed by atoms with Crippen molar-refractivity contribution in [3.63, 3.8) is 0 Å². The highest BCUT2D eigenvalue weighted by Crippen LogP contribution is 2.33. The summed E-state index contributed by atoms with van der Waals surface area (Å²) in [5.74, 6) is 0. The molecule has 0 unspecified atom stereocenters. The van der Waals surface area contributed by atoms with Gasteiger partial charge in [-0.2, -0.15) is 0 Å². The van der Waals surface area contributed by atoms with Crippen LogP contribution in [0.25, 0.3) is 0 Å². The lowest BCUT2D eigenvalue weighted by atomic mass is 9.77. The van der Waals surface area contributed by atoms with Crippen molar-refractivity contribution >= 4 is 11.3 Å². The highest BCUT2D eigenvalue weighted by molar-refractivity contribution is 7.11. The van der Waals surface area contributed by atoms with Crippen molar-refractivity contribution < 1.29 is 9.84 Å². The van der Waals surface area contributed by atoms with E-state index in [2.05, 4.69) is 10.3 Å². The first-order valence-electron chi connectivity index (χ1n) is 6.73. The molecule has 1 aromatic rings. The van der Waals surface area contributed by atoms with E-state index < -0.39 is 0 Å². The molecule has 1 aliphatic heterocycles. The Morgan fingerprint density at radius 3 is 3.00 bits per heavy atom. The maximum Gasteiger partial charge on any atom is 0.122 e. The van der Waals surface area contributed by atoms with E-state index in [1.807, 2.05) is 6.20 Å². The number of rotatable bonds is 5. The second-order valence-electron chi connectivity index (χ2n) is 5.31. The molecule has 1 aliphatic carbocycles. The largest absolute Gasteiger partial charge is 0.394 e. The van der Waals surface area contributed by atoms with Crippen LogP contribution in [0.15, 0.2) is 6.20 Å². The number of thiazole rings is 1. The second-order valence-corrected chi connectivity index (χ2v) is 6.46. The molecular formula is C13H20N2O2S. The maximum absolute atomic E-state index is 9.40. The van der Waals surface area contributed by atoms with Crippen LogP contribution in [0.1, 0.15) is 48.1 Å². The fourth-order valence-electron chi connectivity index (χ4n) is 2.59. The summed E-state index contributed by atoms with van der Waals surface area (Å²) in [4.78, 5) is 5.70. The van der Waals surface area contributed by atoms with Gasteiger partial charge in [-0.1, -0.05) is 0 Å². The summed E-state index contributed by atoms with van der Waals surface area (Å²) in [7, 11) is 0. The van der Waals surface area contributed by atoms with Gasteiger partial charge in [-0.05, 0) is 32.1 Å². The van der Waals surface area contributed by atoms with Crippen LogP contribution in [0.2, 0.25) is 0 Å². The number of aliphatic hydroxyl groups excluding tert-OH is 1. The Morgan fingerprint density at radius 2 is 2.39 bits per heavy atom. The Balaban J connectivity index is 1.56. The number of nitrogens with zero attached hydrogens (tertiary/aromatic N) is 1. The first-order chi connectivity index (χ1) is 8.81. The molecule has 2 aliphatic rings. The number of nitrogens with one attached hydrogen (secondary N) is 1. The molecule has 3 rings (SSSR count). The van der Waals surface area contributed by atoms with Crippen molar-refractivity contribution in [3.05, 3.63) is 16.1 Å². The molecule has 2 N–H and O–H groups in total. The standard InChI is InChI=1S/C13H20N2O2S/c16-9-13(4-2-5-13)15-8-10-7-14-12(18-10)11-3-1-6-17-11/h7,11,15-16H,1-6,8-9H2/t11-/m0/s1. The maximum atomic E-state index is 9.40. The summed E-state index contributed by atoms with van der Waals surface area (Å²) in [6.45, 7) is 1.92. The molecular weight excluding hydrogens is 248 g/mol. The van der Waals surface area contributed by atoms with Crippen LogP contribution in [0.4, 0.5) is 0 Å². The first-order valence-corrected chi connectivity index (χ1v) is 7.55. The van der Waals surface area contributed by atoms with Crippen molar-refractivity contribution in [1.82, 2.24) is 10.3 Å². The number of hydrogen-bond donors (Lipinski definition) is 2. The Labute approximate surface area is 111 Å². The zero-order valence-electron chi connectivity index (χ0n) is 10.5. The normalized spacial score (nSPS) is 26.2. The van der Waals surface area contributed by atoms with Gasteiger partial charge >= 0.3 is 0 Å². The lowest BCUT2D eigenvalue weighted by Crippen LogP contribution is -2.53. The molecule has 4 nitrogen and oxygen atoms in total. The van der Waals surface area contributed by atoms with Crippen LogP contribution >= 0.6 is 11.3 Å². The fraction of sp³-hybridized carbons (Fsp3) is 0.769. The van der Waals surface area contributed by atoms with E-state index in [-0.39, 0.29) is 18.2 Å². The van der Waals surface area contributed by atoms with Crippen LogP contribution in [0.3, 0.4) is 0 Å². The van der Waals surface area contributed by atoms with Crippen molar-refractivity contribution in [1.29, 1.82) is 0 Å². The van der Waals surface area contributed by atoms with Crippen molar-refractivity contribution in [2.75, 3.05) is 13.2 Å². The third-order valence-electron chi connectivity index (χ3n) is 4.03. The molecule has 100 valence electrons. The molecule has 1 saturated carbocycles. The van der Waals surface area contributed by atoms with E-state index in [1.54, 1.807) is 11.3 Å². The summed E-state index contributed by atoms with van der Waals surface area (Å²) in [6.07, 6.45) is 7.79. The minimum absolute atomic E-state index is 0.0198. The van der Waals surface area contributed by atoms with Gasteiger partial charge in [0.2, 0.25) is 0 Å². The summed E-state index contributed by atoms with van der Waals surface area (Å²) >= 11 is 1.74. The van der Waals surface area contributed by atoms with Crippen molar-refractivity contribution in [2.45, 2.75) is 50.3 Å². The van der Waals surface area contributed by atoms with E-state index >= 15 is 0 Å². The topological polar surface area (TPSA) is 54.4 Å². The fourth-order valence-corrected chi connectivity index (χ4v) is 3.54. The summed E-state index contributed by atoms with van der Waals surface area (Å²) in [5.41, 5.74) is -0.0198. The second kappa shape index (κ2) is 5.25. The van der Waals surface area contributed by atoms with Gasteiger partial charge in [-0.15, -0.1) is 11.3 Å². The highest BCUT2D eigenvalue weighted by atomic mass is 32.1. The molecule has 5 heteroatoms. The summed E-state index contributed by atoms with van der Waals surface area (Å²) in [6, 6.07) is 0. The van der Waals surface area contributed by atoms with Crippen LogP contribution in [-0.2, 0) is 11.3 Å². The van der Waals surface area contributed by atoms with Gasteiger partial charge in [0, 0.05) is 29.8 Å². The molecule has 0 bridgehead atoms. The van der Waals surface area contributed by atoms with Gasteiger partial charge in [-0.3, -0.25) is 0 Å².